The van der Waals surface area contributed by atoms with Gasteiger partial charge in [-0.25, -0.2) is 0 Å². The Morgan fingerprint density at radius 1 is 0.426 bits per heavy atom. The Hall–Kier alpha value is -1.13. The lowest BCUT2D eigenvalue weighted by atomic mass is 10.0. The van der Waals surface area contributed by atoms with Crippen LogP contribution in [0.1, 0.15) is 264 Å². The third kappa shape index (κ3) is 45.3. The first-order valence-corrected chi connectivity index (χ1v) is 24.4. The van der Waals surface area contributed by atoms with Crippen molar-refractivity contribution < 1.29 is 19.4 Å². The summed E-state index contributed by atoms with van der Waals surface area (Å²) in [7, 11) is 0. The largest absolute Gasteiger partial charge is 0.457 e. The monoisotopic (exact) mass is 761 g/mol. The summed E-state index contributed by atoms with van der Waals surface area (Å²) in [6.45, 7) is 5.38. The first-order valence-electron chi connectivity index (χ1n) is 24.4. The maximum Gasteiger partial charge on any atom is 0.306 e. The van der Waals surface area contributed by atoms with E-state index in [1.807, 2.05) is 0 Å². The Kier molecular flexibility index (Phi) is 47.0. The van der Waals surface area contributed by atoms with Crippen molar-refractivity contribution in [1.82, 2.24) is 0 Å². The predicted molar refractivity (Wildman–Crippen MR) is 237 cm³/mol. The van der Waals surface area contributed by atoms with Gasteiger partial charge in [0.05, 0.1) is 13.2 Å². The second-order valence-electron chi connectivity index (χ2n) is 16.5. The van der Waals surface area contributed by atoms with E-state index in [1.165, 1.54) is 225 Å². The molecule has 0 radical (unpaired) electrons. The number of carbonyl (C=O) groups is 1. The van der Waals surface area contributed by atoms with E-state index in [0.29, 0.717) is 19.6 Å². The van der Waals surface area contributed by atoms with Crippen LogP contribution < -0.4 is 0 Å². The summed E-state index contributed by atoms with van der Waals surface area (Å²) in [6.07, 6.45) is 59.7. The zero-order valence-corrected chi connectivity index (χ0v) is 36.8. The summed E-state index contributed by atoms with van der Waals surface area (Å²) < 4.78 is 11.2. The van der Waals surface area contributed by atoms with Gasteiger partial charge in [-0.05, 0) is 64.2 Å². The van der Waals surface area contributed by atoms with Crippen molar-refractivity contribution >= 4 is 5.97 Å². The number of aliphatic hydroxyl groups is 1. The highest BCUT2D eigenvalue weighted by atomic mass is 16.6. The van der Waals surface area contributed by atoms with E-state index in [1.54, 1.807) is 0 Å². The van der Waals surface area contributed by atoms with Crippen LogP contribution in [-0.4, -0.2) is 37.0 Å². The average Bonchev–Trinajstić information content (AvgIpc) is 3.18. The third-order valence-corrected chi connectivity index (χ3v) is 11.0. The molecule has 4 nitrogen and oxygen atoms in total. The van der Waals surface area contributed by atoms with Crippen molar-refractivity contribution in [3.63, 3.8) is 0 Å². The van der Waals surface area contributed by atoms with E-state index in [-0.39, 0.29) is 12.6 Å². The first kappa shape index (κ1) is 52.9. The zero-order valence-electron chi connectivity index (χ0n) is 36.8. The van der Waals surface area contributed by atoms with Gasteiger partial charge in [-0.15, -0.1) is 0 Å². The van der Waals surface area contributed by atoms with Gasteiger partial charge in [0.25, 0.3) is 0 Å². The zero-order chi connectivity index (χ0) is 39.1. The molecule has 0 saturated heterocycles. The normalized spacial score (nSPS) is 12.4. The number of ether oxygens (including phenoxy) is 2. The molecular formula is C50H96O4. The molecule has 0 heterocycles. The van der Waals surface area contributed by atoms with Gasteiger partial charge in [0.2, 0.25) is 0 Å². The minimum atomic E-state index is -0.534. The summed E-state index contributed by atoms with van der Waals surface area (Å²) in [5, 5.41) is 9.63. The van der Waals surface area contributed by atoms with E-state index in [9.17, 15) is 9.90 Å². The predicted octanol–water partition coefficient (Wildman–Crippen LogP) is 16.3. The SMILES string of the molecule is CCCCCCCCC/C=C\CCCCCCCCCCOCC(CO)OC(=O)CCCCCCCCCCCCC/C=C\CCCCCCCCCC. The summed E-state index contributed by atoms with van der Waals surface area (Å²) in [4.78, 5) is 12.2. The smallest absolute Gasteiger partial charge is 0.306 e. The molecule has 0 spiro atoms. The molecule has 0 saturated carbocycles. The van der Waals surface area contributed by atoms with Crippen LogP contribution in [0.2, 0.25) is 0 Å². The molecule has 4 heteroatoms. The summed E-state index contributed by atoms with van der Waals surface area (Å²) in [5.74, 6) is -0.198. The number of unbranched alkanes of at least 4 members (excludes halogenated alkanes) is 34. The van der Waals surface area contributed by atoms with Gasteiger partial charge in [0.15, 0.2) is 0 Å². The van der Waals surface area contributed by atoms with E-state index in [2.05, 4.69) is 38.2 Å². The number of allylic oxidation sites excluding steroid dienone is 4. The Labute approximate surface area is 338 Å². The average molecular weight is 761 g/mol. The van der Waals surface area contributed by atoms with Crippen molar-refractivity contribution in [2.24, 2.45) is 0 Å². The maximum atomic E-state index is 12.2. The molecule has 320 valence electrons. The number of hydrogen-bond donors (Lipinski definition) is 1. The molecule has 0 aliphatic heterocycles. The highest BCUT2D eigenvalue weighted by molar-refractivity contribution is 5.69. The van der Waals surface area contributed by atoms with Gasteiger partial charge in [-0.1, -0.05) is 218 Å². The molecule has 0 aromatic rings. The summed E-state index contributed by atoms with van der Waals surface area (Å²) in [6, 6.07) is 0. The molecule has 1 atom stereocenters. The van der Waals surface area contributed by atoms with Crippen LogP contribution in [0.25, 0.3) is 0 Å². The number of aliphatic hydroxyl groups excluding tert-OH is 1. The lowest BCUT2D eigenvalue weighted by Gasteiger charge is -2.16. The fraction of sp³-hybridized carbons (Fsp3) is 0.900. The number of hydrogen-bond acceptors (Lipinski definition) is 4. The Morgan fingerprint density at radius 2 is 0.722 bits per heavy atom. The standard InChI is InChI=1S/C50H96O4/c1-3-5-7-9-11-13-15-17-19-21-23-24-25-26-27-29-31-33-35-37-39-41-43-45-50(52)54-49(47-51)48-53-46-44-42-40-38-36-34-32-30-28-22-20-18-16-14-12-10-8-6-4-2/h20-23,49,51H,3-19,24-48H2,1-2H3/b22-20-,23-21-. The molecular weight excluding hydrogens is 665 g/mol. The van der Waals surface area contributed by atoms with Crippen molar-refractivity contribution in [2.75, 3.05) is 19.8 Å². The second-order valence-corrected chi connectivity index (χ2v) is 16.5. The van der Waals surface area contributed by atoms with Crippen molar-refractivity contribution in [1.29, 1.82) is 0 Å². The van der Waals surface area contributed by atoms with Crippen LogP contribution >= 0.6 is 0 Å². The van der Waals surface area contributed by atoms with Crippen molar-refractivity contribution in [3.05, 3.63) is 24.3 Å². The number of esters is 1. The Bertz CT molecular complexity index is 762. The molecule has 1 unspecified atom stereocenters. The molecule has 0 bridgehead atoms. The van der Waals surface area contributed by atoms with E-state index >= 15 is 0 Å². The number of carbonyl (C=O) groups excluding carboxylic acids is 1. The van der Waals surface area contributed by atoms with Gasteiger partial charge in [-0.3, -0.25) is 4.79 Å². The molecule has 1 N–H and O–H groups in total. The minimum absolute atomic E-state index is 0.169. The quantitative estimate of drug-likeness (QED) is 0.0381. The van der Waals surface area contributed by atoms with Crippen LogP contribution in [-0.2, 0) is 14.3 Å². The van der Waals surface area contributed by atoms with Crippen molar-refractivity contribution in [2.45, 2.75) is 270 Å². The van der Waals surface area contributed by atoms with Gasteiger partial charge in [0, 0.05) is 13.0 Å². The van der Waals surface area contributed by atoms with E-state index < -0.39 is 6.10 Å². The van der Waals surface area contributed by atoms with Gasteiger partial charge in [-0.2, -0.15) is 0 Å². The van der Waals surface area contributed by atoms with Gasteiger partial charge >= 0.3 is 5.97 Å². The van der Waals surface area contributed by atoms with Crippen LogP contribution in [0.5, 0.6) is 0 Å². The van der Waals surface area contributed by atoms with E-state index in [4.69, 9.17) is 9.47 Å². The fourth-order valence-corrected chi connectivity index (χ4v) is 7.32. The third-order valence-electron chi connectivity index (χ3n) is 11.0. The Morgan fingerprint density at radius 3 is 1.06 bits per heavy atom. The molecule has 0 fully saturated rings. The lowest BCUT2D eigenvalue weighted by Crippen LogP contribution is -2.27. The highest BCUT2D eigenvalue weighted by Gasteiger charge is 2.13. The highest BCUT2D eigenvalue weighted by Crippen LogP contribution is 2.15. The topological polar surface area (TPSA) is 55.8 Å². The summed E-state index contributed by atoms with van der Waals surface area (Å²) >= 11 is 0. The van der Waals surface area contributed by atoms with Crippen LogP contribution in [0.4, 0.5) is 0 Å². The molecule has 0 aliphatic carbocycles. The van der Waals surface area contributed by atoms with Crippen LogP contribution in [0.15, 0.2) is 24.3 Å². The second kappa shape index (κ2) is 48.0. The lowest BCUT2D eigenvalue weighted by molar-refractivity contribution is -0.154. The first-order chi connectivity index (χ1) is 26.7. The minimum Gasteiger partial charge on any atom is -0.457 e. The van der Waals surface area contributed by atoms with Crippen LogP contribution in [0, 0.1) is 0 Å². The van der Waals surface area contributed by atoms with Gasteiger partial charge in [0.1, 0.15) is 6.10 Å². The van der Waals surface area contributed by atoms with E-state index in [0.717, 1.165) is 19.3 Å². The van der Waals surface area contributed by atoms with Crippen LogP contribution in [0.3, 0.4) is 0 Å². The van der Waals surface area contributed by atoms with Crippen molar-refractivity contribution in [3.8, 4) is 0 Å². The molecule has 0 rings (SSSR count). The molecule has 54 heavy (non-hydrogen) atoms. The van der Waals surface area contributed by atoms with Gasteiger partial charge < -0.3 is 14.6 Å². The maximum absolute atomic E-state index is 12.2. The fourth-order valence-electron chi connectivity index (χ4n) is 7.32. The molecule has 0 aromatic heterocycles. The Balaban J connectivity index is 3.38. The molecule has 0 amide bonds. The summed E-state index contributed by atoms with van der Waals surface area (Å²) in [5.41, 5.74) is 0. The number of rotatable bonds is 46. The molecule has 0 aliphatic rings. The molecule has 0 aromatic carbocycles.